The summed E-state index contributed by atoms with van der Waals surface area (Å²) in [4.78, 5) is 32.7. The lowest BCUT2D eigenvalue weighted by Gasteiger charge is -2.25. The van der Waals surface area contributed by atoms with Crippen molar-refractivity contribution in [2.45, 2.75) is 38.8 Å². The van der Waals surface area contributed by atoms with E-state index < -0.39 is 23.6 Å². The average Bonchev–Trinajstić information content (AvgIpc) is 2.51. The summed E-state index contributed by atoms with van der Waals surface area (Å²) >= 11 is 0. The minimum absolute atomic E-state index is 0.217. The first-order valence-corrected chi connectivity index (χ1v) is 7.44. The summed E-state index contributed by atoms with van der Waals surface area (Å²) < 4.78 is 5.20. The first-order valence-electron chi connectivity index (χ1n) is 7.44. The highest BCUT2D eigenvalue weighted by molar-refractivity contribution is 5.85. The lowest BCUT2D eigenvalue weighted by atomic mass is 10.0. The van der Waals surface area contributed by atoms with Gasteiger partial charge in [-0.05, 0) is 20.8 Å². The zero-order chi connectivity index (χ0) is 18.3. The van der Waals surface area contributed by atoms with Crippen molar-refractivity contribution in [2.24, 2.45) is 0 Å². The Morgan fingerprint density at radius 1 is 1.38 bits per heavy atom. The van der Waals surface area contributed by atoms with E-state index in [1.165, 1.54) is 14.2 Å². The van der Waals surface area contributed by atoms with Crippen molar-refractivity contribution in [3.8, 4) is 0 Å². The summed E-state index contributed by atoms with van der Waals surface area (Å²) in [5.74, 6) is -0.420. The third kappa shape index (κ3) is 6.26. The highest BCUT2D eigenvalue weighted by Crippen LogP contribution is 2.16. The van der Waals surface area contributed by atoms with E-state index in [1.807, 2.05) is 0 Å². The maximum absolute atomic E-state index is 12.4. The summed E-state index contributed by atoms with van der Waals surface area (Å²) in [5.41, 5.74) is 0.549. The Morgan fingerprint density at radius 2 is 2.04 bits per heavy atom. The number of alkyl carbamates (subject to hydrolysis) is 1. The van der Waals surface area contributed by atoms with Crippen molar-refractivity contribution in [3.05, 3.63) is 41.2 Å². The number of amides is 2. The molecule has 24 heavy (non-hydrogen) atoms. The molecule has 1 aromatic carbocycles. The molecule has 130 valence electrons. The summed E-state index contributed by atoms with van der Waals surface area (Å²) in [7, 11) is 2.82. The van der Waals surface area contributed by atoms with Gasteiger partial charge in [-0.15, -0.1) is 0 Å². The number of carbonyl (C=O) groups excluding carboxylic acids is 2. The van der Waals surface area contributed by atoms with Crippen LogP contribution in [0.3, 0.4) is 0 Å². The van der Waals surface area contributed by atoms with Crippen molar-refractivity contribution in [3.63, 3.8) is 0 Å². The molecule has 2 amide bonds. The van der Waals surface area contributed by atoms with Crippen molar-refractivity contribution in [1.29, 1.82) is 0 Å². The number of hydroxylamine groups is 2. The molecule has 0 unspecified atom stereocenters. The molecular weight excluding hydrogens is 310 g/mol. The largest absolute Gasteiger partial charge is 0.444 e. The second-order valence-corrected chi connectivity index (χ2v) is 6.20. The highest BCUT2D eigenvalue weighted by Gasteiger charge is 2.27. The van der Waals surface area contributed by atoms with Gasteiger partial charge >= 0.3 is 6.09 Å². The molecule has 0 bridgehead atoms. The molecule has 0 saturated heterocycles. The molecule has 0 aliphatic heterocycles. The van der Waals surface area contributed by atoms with Crippen LogP contribution in [0.1, 0.15) is 26.3 Å². The number of rotatable bonds is 5. The first-order chi connectivity index (χ1) is 11.2. The molecule has 0 fully saturated rings. The third-order valence-electron chi connectivity index (χ3n) is 3.05. The van der Waals surface area contributed by atoms with Gasteiger partial charge in [-0.2, -0.15) is 0 Å². The Kier molecular flexibility index (Phi) is 6.74. The molecule has 0 spiro atoms. The van der Waals surface area contributed by atoms with Crippen LogP contribution in [0.15, 0.2) is 24.3 Å². The van der Waals surface area contributed by atoms with Crippen LogP contribution in [0.5, 0.6) is 0 Å². The fourth-order valence-electron chi connectivity index (χ4n) is 1.95. The molecule has 1 N–H and O–H groups in total. The van der Waals surface area contributed by atoms with Crippen LogP contribution < -0.4 is 5.32 Å². The molecular formula is C17H23N3O4. The van der Waals surface area contributed by atoms with Gasteiger partial charge in [0.25, 0.3) is 5.91 Å². The van der Waals surface area contributed by atoms with E-state index in [-0.39, 0.29) is 6.42 Å². The zero-order valence-electron chi connectivity index (χ0n) is 14.6. The first kappa shape index (κ1) is 19.5. The minimum Gasteiger partial charge on any atom is -0.444 e. The van der Waals surface area contributed by atoms with E-state index in [4.69, 9.17) is 16.1 Å². The van der Waals surface area contributed by atoms with Crippen molar-refractivity contribution >= 4 is 17.7 Å². The van der Waals surface area contributed by atoms with E-state index in [9.17, 15) is 9.59 Å². The molecule has 1 aromatic rings. The lowest BCUT2D eigenvalue weighted by molar-refractivity contribution is -0.171. The van der Waals surface area contributed by atoms with Crippen LogP contribution >= 0.6 is 0 Å². The van der Waals surface area contributed by atoms with Gasteiger partial charge in [0, 0.05) is 13.5 Å². The van der Waals surface area contributed by atoms with E-state index in [0.29, 0.717) is 5.69 Å². The van der Waals surface area contributed by atoms with Crippen molar-refractivity contribution in [2.75, 3.05) is 14.2 Å². The average molecular weight is 333 g/mol. The van der Waals surface area contributed by atoms with Gasteiger partial charge in [-0.3, -0.25) is 9.63 Å². The lowest BCUT2D eigenvalue weighted by Crippen LogP contribution is -2.49. The molecule has 1 rings (SSSR count). The summed E-state index contributed by atoms with van der Waals surface area (Å²) in [6.07, 6.45) is -0.471. The number of likely N-dealkylation sites (N-methyl/N-ethyl adjacent to an activating group) is 1. The Hall–Kier alpha value is -2.59. The highest BCUT2D eigenvalue weighted by atomic mass is 16.7. The molecule has 7 heteroatoms. The number of hydrogen-bond donors (Lipinski definition) is 1. The predicted octanol–water partition coefficient (Wildman–Crippen LogP) is 2.69. The van der Waals surface area contributed by atoms with Crippen LogP contribution in [0, 0.1) is 6.57 Å². The molecule has 0 aliphatic rings. The van der Waals surface area contributed by atoms with Gasteiger partial charge in [0.2, 0.25) is 0 Å². The zero-order valence-corrected chi connectivity index (χ0v) is 14.6. The fourth-order valence-corrected chi connectivity index (χ4v) is 1.95. The molecule has 0 heterocycles. The van der Waals surface area contributed by atoms with E-state index in [0.717, 1.165) is 10.6 Å². The van der Waals surface area contributed by atoms with Crippen LogP contribution in [-0.2, 0) is 20.8 Å². The smallest absolute Gasteiger partial charge is 0.408 e. The molecule has 0 aliphatic carbocycles. The van der Waals surface area contributed by atoms with Gasteiger partial charge in [-0.25, -0.2) is 14.7 Å². The van der Waals surface area contributed by atoms with E-state index in [2.05, 4.69) is 10.2 Å². The Balaban J connectivity index is 2.94. The number of nitrogens with zero attached hydrogens (tertiary/aromatic N) is 2. The summed E-state index contributed by atoms with van der Waals surface area (Å²) in [6.45, 7) is 12.3. The van der Waals surface area contributed by atoms with Crippen LogP contribution in [-0.4, -0.2) is 42.9 Å². The van der Waals surface area contributed by atoms with Gasteiger partial charge in [0.05, 0.1) is 13.7 Å². The molecule has 0 radical (unpaired) electrons. The topological polar surface area (TPSA) is 72.2 Å². The molecule has 0 aromatic heterocycles. The number of benzene rings is 1. The second-order valence-electron chi connectivity index (χ2n) is 6.20. The SMILES string of the molecule is [C-]#[N+]c1cccc(C[C@H](NC(=O)OC(C)(C)C)C(=O)N(C)OC)c1. The summed E-state index contributed by atoms with van der Waals surface area (Å²) in [6, 6.07) is 6.01. The standard InChI is InChI=1S/C17H23N3O4/c1-17(2,3)24-16(22)19-14(15(21)20(5)23-6)11-12-8-7-9-13(10-12)18-4/h7-10,14H,11H2,1-3,5-6H3,(H,19,22)/t14-/m0/s1. The van der Waals surface area contributed by atoms with E-state index >= 15 is 0 Å². The number of carbonyl (C=O) groups is 2. The van der Waals surface area contributed by atoms with Crippen LogP contribution in [0.2, 0.25) is 0 Å². The van der Waals surface area contributed by atoms with Crippen molar-refractivity contribution < 1.29 is 19.2 Å². The van der Waals surface area contributed by atoms with Crippen LogP contribution in [0.4, 0.5) is 10.5 Å². The van der Waals surface area contributed by atoms with E-state index in [1.54, 1.807) is 45.0 Å². The number of hydrogen-bond acceptors (Lipinski definition) is 4. The second kappa shape index (κ2) is 8.31. The predicted molar refractivity (Wildman–Crippen MR) is 89.3 cm³/mol. The quantitative estimate of drug-likeness (QED) is 0.664. The third-order valence-corrected chi connectivity index (χ3v) is 3.05. The Labute approximate surface area is 142 Å². The molecule has 0 saturated carbocycles. The van der Waals surface area contributed by atoms with Crippen molar-refractivity contribution in [1.82, 2.24) is 10.4 Å². The number of nitrogens with one attached hydrogen (secondary N) is 1. The normalized spacial score (nSPS) is 12.0. The number of ether oxygens (including phenoxy) is 1. The maximum Gasteiger partial charge on any atom is 0.408 e. The van der Waals surface area contributed by atoms with Gasteiger partial charge in [0.15, 0.2) is 5.69 Å². The minimum atomic E-state index is -0.870. The van der Waals surface area contributed by atoms with Gasteiger partial charge in [0.1, 0.15) is 11.6 Å². The van der Waals surface area contributed by atoms with Gasteiger partial charge in [-0.1, -0.05) is 29.8 Å². The summed E-state index contributed by atoms with van der Waals surface area (Å²) in [5, 5.41) is 3.61. The molecule has 7 nitrogen and oxygen atoms in total. The monoisotopic (exact) mass is 333 g/mol. The fraction of sp³-hybridized carbons (Fsp3) is 0.471. The Bertz CT molecular complexity index is 631. The molecule has 1 atom stereocenters. The maximum atomic E-state index is 12.4. The van der Waals surface area contributed by atoms with Crippen LogP contribution in [0.25, 0.3) is 4.85 Å². The Morgan fingerprint density at radius 3 is 2.58 bits per heavy atom. The van der Waals surface area contributed by atoms with Gasteiger partial charge < -0.3 is 10.1 Å².